The molecule has 3 N–H and O–H groups in total. The maximum absolute atomic E-state index is 13.4. The molecule has 2 amide bonds. The normalized spacial score (nSPS) is 16.6. The summed E-state index contributed by atoms with van der Waals surface area (Å²) < 4.78 is 53.4. The van der Waals surface area contributed by atoms with Gasteiger partial charge in [0.15, 0.2) is 5.82 Å². The minimum absolute atomic E-state index is 0.0271. The number of benzene rings is 2. The third-order valence-corrected chi connectivity index (χ3v) is 5.36. The van der Waals surface area contributed by atoms with Crippen LogP contribution in [0.4, 0.5) is 28.2 Å². The quantitative estimate of drug-likeness (QED) is 0.541. The van der Waals surface area contributed by atoms with E-state index in [-0.39, 0.29) is 31.5 Å². The molecule has 0 unspecified atom stereocenters. The number of halogens is 4. The summed E-state index contributed by atoms with van der Waals surface area (Å²) in [7, 11) is 0. The summed E-state index contributed by atoms with van der Waals surface area (Å²) in [5.41, 5.74) is -2.65. The van der Waals surface area contributed by atoms with Crippen molar-refractivity contribution in [1.82, 2.24) is 15.1 Å². The van der Waals surface area contributed by atoms with Crippen molar-refractivity contribution < 1.29 is 27.5 Å². The molecule has 0 aliphatic carbocycles. The highest BCUT2D eigenvalue weighted by molar-refractivity contribution is 5.98. The van der Waals surface area contributed by atoms with Crippen molar-refractivity contribution in [1.29, 1.82) is 0 Å². The van der Waals surface area contributed by atoms with Gasteiger partial charge in [0.25, 0.3) is 0 Å². The third-order valence-electron chi connectivity index (χ3n) is 5.36. The average molecular weight is 422 g/mol. The van der Waals surface area contributed by atoms with Gasteiger partial charge in [0, 0.05) is 18.5 Å². The molecule has 0 atom stereocenters. The number of hydrogen-bond acceptors (Lipinski definition) is 3. The van der Waals surface area contributed by atoms with Gasteiger partial charge in [0.05, 0.1) is 16.7 Å². The second-order valence-corrected chi connectivity index (χ2v) is 7.25. The van der Waals surface area contributed by atoms with Crippen molar-refractivity contribution in [2.75, 3.05) is 18.4 Å². The van der Waals surface area contributed by atoms with Crippen LogP contribution >= 0.6 is 0 Å². The maximum atomic E-state index is 13.4. The molecule has 1 aliphatic rings. The van der Waals surface area contributed by atoms with Crippen molar-refractivity contribution in [3.63, 3.8) is 0 Å². The molecule has 1 saturated heterocycles. The molecule has 4 rings (SSSR count). The third kappa shape index (κ3) is 3.70. The van der Waals surface area contributed by atoms with E-state index in [0.717, 1.165) is 23.0 Å². The highest BCUT2D eigenvalue weighted by atomic mass is 19.4. The fourth-order valence-electron chi connectivity index (χ4n) is 3.74. The number of aliphatic hydroxyl groups is 1. The first-order valence-corrected chi connectivity index (χ1v) is 9.26. The number of nitrogens with zero attached hydrogens (tertiary/aromatic N) is 2. The van der Waals surface area contributed by atoms with E-state index < -0.39 is 29.2 Å². The summed E-state index contributed by atoms with van der Waals surface area (Å²) >= 11 is 0. The second kappa shape index (κ2) is 7.28. The van der Waals surface area contributed by atoms with Crippen LogP contribution in [0.25, 0.3) is 10.9 Å². The lowest BCUT2D eigenvalue weighted by Crippen LogP contribution is -2.47. The van der Waals surface area contributed by atoms with Gasteiger partial charge in [-0.1, -0.05) is 18.2 Å². The smallest absolute Gasteiger partial charge is 0.385 e. The Labute approximate surface area is 168 Å². The zero-order chi connectivity index (χ0) is 21.5. The second-order valence-electron chi connectivity index (χ2n) is 7.25. The molecule has 10 heteroatoms. The Bertz CT molecular complexity index is 1090. The van der Waals surface area contributed by atoms with E-state index >= 15 is 0 Å². The topological polar surface area (TPSA) is 81.2 Å². The molecular formula is C20H18F4N4O2. The van der Waals surface area contributed by atoms with Crippen LogP contribution in [0.5, 0.6) is 0 Å². The van der Waals surface area contributed by atoms with Crippen LogP contribution in [0.3, 0.4) is 0 Å². The predicted molar refractivity (Wildman–Crippen MR) is 101 cm³/mol. The highest BCUT2D eigenvalue weighted by Crippen LogP contribution is 2.41. The number of alkyl halides is 3. The number of carbonyl (C=O) groups is 1. The molecule has 0 radical (unpaired) electrons. The van der Waals surface area contributed by atoms with Gasteiger partial charge in [0.2, 0.25) is 0 Å². The number of anilines is 1. The number of carbonyl (C=O) groups excluding carboxylic acids is 1. The molecule has 1 fully saturated rings. The van der Waals surface area contributed by atoms with Crippen molar-refractivity contribution >= 4 is 22.8 Å². The number of piperidine rings is 1. The number of fused-ring (bicyclic) bond motifs is 1. The molecule has 0 bridgehead atoms. The number of aromatic amines is 1. The molecule has 1 aliphatic heterocycles. The van der Waals surface area contributed by atoms with Gasteiger partial charge in [-0.3, -0.25) is 10.4 Å². The van der Waals surface area contributed by atoms with E-state index in [2.05, 4.69) is 15.5 Å². The van der Waals surface area contributed by atoms with E-state index in [1.165, 1.54) is 4.90 Å². The minimum atomic E-state index is -4.80. The molecule has 6 nitrogen and oxygen atoms in total. The van der Waals surface area contributed by atoms with Gasteiger partial charge < -0.3 is 10.0 Å². The fourth-order valence-corrected chi connectivity index (χ4v) is 3.74. The zero-order valence-electron chi connectivity index (χ0n) is 15.6. The monoisotopic (exact) mass is 422 g/mol. The fraction of sp³-hybridized carbons (Fsp3) is 0.300. The van der Waals surface area contributed by atoms with Crippen LogP contribution in [0.1, 0.15) is 24.0 Å². The number of aromatic nitrogens is 2. The van der Waals surface area contributed by atoms with E-state index in [1.54, 1.807) is 18.2 Å². The van der Waals surface area contributed by atoms with Crippen LogP contribution in [0, 0.1) is 5.82 Å². The summed E-state index contributed by atoms with van der Waals surface area (Å²) in [5, 5.41) is 21.1. The first kappa shape index (κ1) is 20.1. The molecule has 0 spiro atoms. The predicted octanol–water partition coefficient (Wildman–Crippen LogP) is 4.24. The average Bonchev–Trinajstić information content (AvgIpc) is 3.10. The number of urea groups is 1. The number of amides is 2. The summed E-state index contributed by atoms with van der Waals surface area (Å²) in [6, 6.07) is 8.99. The van der Waals surface area contributed by atoms with Gasteiger partial charge in [-0.25, -0.2) is 9.18 Å². The Morgan fingerprint density at radius 2 is 1.87 bits per heavy atom. The molecule has 2 aromatic carbocycles. The van der Waals surface area contributed by atoms with Crippen LogP contribution < -0.4 is 5.32 Å². The summed E-state index contributed by atoms with van der Waals surface area (Å²) in [5.74, 6) is -0.688. The Hall–Kier alpha value is -3.14. The summed E-state index contributed by atoms with van der Waals surface area (Å²) in [6.45, 7) is 0.0543. The molecular weight excluding hydrogens is 404 g/mol. The van der Waals surface area contributed by atoms with E-state index in [4.69, 9.17) is 0 Å². The van der Waals surface area contributed by atoms with Crippen LogP contribution in [0.15, 0.2) is 42.5 Å². The maximum Gasteiger partial charge on any atom is 0.416 e. The summed E-state index contributed by atoms with van der Waals surface area (Å²) in [4.78, 5) is 14.0. The molecule has 3 aromatic rings. The van der Waals surface area contributed by atoms with Crippen LogP contribution in [0.2, 0.25) is 0 Å². The Morgan fingerprint density at radius 3 is 2.57 bits per heavy atom. The first-order chi connectivity index (χ1) is 14.2. The molecule has 158 valence electrons. The lowest BCUT2D eigenvalue weighted by atomic mass is 9.81. The van der Waals surface area contributed by atoms with Crippen molar-refractivity contribution in [2.24, 2.45) is 0 Å². The number of likely N-dealkylation sites (tertiary alicyclic amines) is 1. The number of H-pyrrole nitrogens is 1. The van der Waals surface area contributed by atoms with Crippen LogP contribution in [-0.2, 0) is 11.8 Å². The summed E-state index contributed by atoms with van der Waals surface area (Å²) in [6.07, 6.45) is -5.03. The minimum Gasteiger partial charge on any atom is -0.385 e. The number of nitrogens with one attached hydrogen (secondary N) is 2. The van der Waals surface area contributed by atoms with E-state index in [0.29, 0.717) is 11.9 Å². The standard InChI is InChI=1S/C20H18F4N4O2/c21-12-5-6-14(15(11-12)20(22,23)24)19(30)7-9-28(10-8-19)18(29)25-17-13-3-1-2-4-16(13)26-27-17/h1-6,11,30H,7-10H2,(H2,25,26,27,29). The van der Waals surface area contributed by atoms with E-state index in [1.807, 2.05) is 6.07 Å². The largest absolute Gasteiger partial charge is 0.416 e. The van der Waals surface area contributed by atoms with Gasteiger partial charge in [-0.15, -0.1) is 0 Å². The Morgan fingerprint density at radius 1 is 1.17 bits per heavy atom. The Kier molecular flexibility index (Phi) is 4.89. The SMILES string of the molecule is O=C(Nc1n[nH]c2ccccc12)N1CCC(O)(c2ccc(F)cc2C(F)(F)F)CC1. The Balaban J connectivity index is 1.49. The van der Waals surface area contributed by atoms with Gasteiger partial charge in [-0.2, -0.15) is 18.3 Å². The van der Waals surface area contributed by atoms with Crippen molar-refractivity contribution in [2.45, 2.75) is 24.6 Å². The lowest BCUT2D eigenvalue weighted by Gasteiger charge is -2.39. The van der Waals surface area contributed by atoms with Gasteiger partial charge in [-0.05, 0) is 42.7 Å². The number of para-hydroxylation sites is 1. The molecule has 2 heterocycles. The lowest BCUT2D eigenvalue weighted by molar-refractivity contribution is -0.142. The molecule has 0 saturated carbocycles. The van der Waals surface area contributed by atoms with Gasteiger partial charge >= 0.3 is 12.2 Å². The van der Waals surface area contributed by atoms with Crippen LogP contribution in [-0.4, -0.2) is 39.3 Å². The van der Waals surface area contributed by atoms with Crippen molar-refractivity contribution in [3.8, 4) is 0 Å². The number of hydrogen-bond donors (Lipinski definition) is 3. The zero-order valence-corrected chi connectivity index (χ0v) is 15.6. The first-order valence-electron chi connectivity index (χ1n) is 9.26. The van der Waals surface area contributed by atoms with Gasteiger partial charge in [0.1, 0.15) is 5.82 Å². The molecule has 1 aromatic heterocycles. The molecule has 30 heavy (non-hydrogen) atoms. The number of rotatable bonds is 2. The highest BCUT2D eigenvalue weighted by Gasteiger charge is 2.43. The van der Waals surface area contributed by atoms with Crippen molar-refractivity contribution in [3.05, 3.63) is 59.4 Å². The van der Waals surface area contributed by atoms with E-state index in [9.17, 15) is 27.5 Å².